The largest absolute Gasteiger partial charge is 0.465 e. The first-order chi connectivity index (χ1) is 22.0. The van der Waals surface area contributed by atoms with Crippen molar-refractivity contribution in [1.29, 1.82) is 0 Å². The Hall–Kier alpha value is -3.86. The van der Waals surface area contributed by atoms with Crippen LogP contribution in [0.2, 0.25) is 0 Å². The second-order valence-electron chi connectivity index (χ2n) is 12.1. The molecule has 3 aromatic rings. The fraction of sp³-hybridized carbons (Fsp3) is 0.389. The molecule has 0 fully saturated rings. The summed E-state index contributed by atoms with van der Waals surface area (Å²) in [5.74, 6) is -1.78. The zero-order valence-electron chi connectivity index (χ0n) is 27.5. The first-order valence-electron chi connectivity index (χ1n) is 15.6. The summed E-state index contributed by atoms with van der Waals surface area (Å²) in [5.41, 5.74) is 1.49. The highest BCUT2D eigenvalue weighted by molar-refractivity contribution is 7.99. The lowest BCUT2D eigenvalue weighted by atomic mass is 10.0. The number of anilines is 1. The van der Waals surface area contributed by atoms with Gasteiger partial charge in [0.05, 0.1) is 18.3 Å². The van der Waals surface area contributed by atoms with E-state index < -0.39 is 47.5 Å². The maximum Gasteiger partial charge on any atom is 0.331 e. The Morgan fingerprint density at radius 2 is 1.53 bits per heavy atom. The lowest BCUT2D eigenvalue weighted by Gasteiger charge is -2.40. The fourth-order valence-electron chi connectivity index (χ4n) is 5.29. The van der Waals surface area contributed by atoms with Crippen LogP contribution in [0.5, 0.6) is 0 Å². The van der Waals surface area contributed by atoms with Gasteiger partial charge in [0.1, 0.15) is 11.6 Å². The van der Waals surface area contributed by atoms with Gasteiger partial charge in [0.25, 0.3) is 5.91 Å². The van der Waals surface area contributed by atoms with Gasteiger partial charge in [-0.05, 0) is 63.8 Å². The third-order valence-corrected chi connectivity index (χ3v) is 8.48. The number of benzene rings is 3. The number of carbonyl (C=O) groups excluding carboxylic acids is 4. The van der Waals surface area contributed by atoms with Crippen LogP contribution in [-0.4, -0.2) is 64.8 Å². The summed E-state index contributed by atoms with van der Waals surface area (Å²) >= 11 is 1.44. The molecule has 0 aliphatic carbocycles. The number of carbonyl (C=O) groups is 4. The quantitative estimate of drug-likeness (QED) is 0.240. The zero-order chi connectivity index (χ0) is 33.3. The molecule has 252 valence electrons. The van der Waals surface area contributed by atoms with Gasteiger partial charge in [0.15, 0.2) is 6.04 Å². The van der Waals surface area contributed by atoms with Gasteiger partial charge >= 0.3 is 11.9 Å². The highest BCUT2D eigenvalue weighted by Gasteiger charge is 2.43. The van der Waals surface area contributed by atoms with E-state index in [4.69, 9.17) is 9.47 Å². The Labute approximate surface area is 287 Å². The summed E-state index contributed by atoms with van der Waals surface area (Å²) in [6, 6.07) is 23.5. The van der Waals surface area contributed by atoms with Crippen molar-refractivity contribution in [3.05, 3.63) is 96.1 Å². The highest BCUT2D eigenvalue weighted by atomic mass is 35.5. The molecule has 1 N–H and O–H groups in total. The minimum atomic E-state index is -1.15. The number of thioether (sulfide) groups is 1. The molecular formula is C36H44ClN3O6S. The maximum atomic E-state index is 14.7. The summed E-state index contributed by atoms with van der Waals surface area (Å²) in [4.78, 5) is 56.1. The molecule has 9 nitrogen and oxygen atoms in total. The monoisotopic (exact) mass is 681 g/mol. The average molecular weight is 682 g/mol. The van der Waals surface area contributed by atoms with Crippen molar-refractivity contribution in [3.8, 4) is 0 Å². The van der Waals surface area contributed by atoms with Gasteiger partial charge in [-0.25, -0.2) is 14.8 Å². The van der Waals surface area contributed by atoms with E-state index in [2.05, 4.69) is 5.32 Å². The number of nitrogens with zero attached hydrogens (tertiary/aromatic N) is 2. The number of hydrazine groups is 1. The molecule has 0 saturated carbocycles. The SMILES string of the molecule is CCOC(=O)[C@H](CCc1ccccc1)N[C@H]1CSc2ccccc2N(N(C(C)=O)[C@@H](Cc2ccccc2)C(=O)OC(C)(C)C)C1=O.Cl. The Bertz CT molecular complexity index is 1500. The van der Waals surface area contributed by atoms with Crippen molar-refractivity contribution in [3.63, 3.8) is 0 Å². The van der Waals surface area contributed by atoms with E-state index in [-0.39, 0.29) is 31.2 Å². The van der Waals surface area contributed by atoms with Gasteiger partial charge in [-0.2, -0.15) is 0 Å². The summed E-state index contributed by atoms with van der Waals surface area (Å²) in [7, 11) is 0. The third kappa shape index (κ3) is 10.3. The molecule has 4 rings (SSSR count). The van der Waals surface area contributed by atoms with Gasteiger partial charge < -0.3 is 9.47 Å². The molecule has 0 unspecified atom stereocenters. The maximum absolute atomic E-state index is 14.7. The van der Waals surface area contributed by atoms with Gasteiger partial charge in [-0.1, -0.05) is 72.8 Å². The Morgan fingerprint density at radius 1 is 0.936 bits per heavy atom. The molecule has 3 aromatic carbocycles. The number of hydrogen-bond acceptors (Lipinski definition) is 8. The van der Waals surface area contributed by atoms with E-state index in [0.717, 1.165) is 16.0 Å². The number of rotatable bonds is 12. The van der Waals surface area contributed by atoms with Crippen molar-refractivity contribution in [2.24, 2.45) is 0 Å². The summed E-state index contributed by atoms with van der Waals surface area (Å²) < 4.78 is 11.2. The molecule has 0 saturated heterocycles. The molecule has 1 aliphatic heterocycles. The summed E-state index contributed by atoms with van der Waals surface area (Å²) in [6.45, 7) is 8.55. The second-order valence-corrected chi connectivity index (χ2v) is 13.1. The molecule has 0 spiro atoms. The van der Waals surface area contributed by atoms with Crippen molar-refractivity contribution >= 4 is 53.6 Å². The van der Waals surface area contributed by atoms with E-state index in [1.807, 2.05) is 72.8 Å². The minimum Gasteiger partial charge on any atom is -0.465 e. The van der Waals surface area contributed by atoms with Gasteiger partial charge in [-0.15, -0.1) is 24.2 Å². The molecule has 1 aliphatic rings. The van der Waals surface area contributed by atoms with Crippen molar-refractivity contribution in [2.75, 3.05) is 17.4 Å². The highest BCUT2D eigenvalue weighted by Crippen LogP contribution is 2.36. The van der Waals surface area contributed by atoms with Crippen LogP contribution in [0.1, 0.15) is 52.2 Å². The van der Waals surface area contributed by atoms with Crippen LogP contribution < -0.4 is 10.3 Å². The van der Waals surface area contributed by atoms with Gasteiger partial charge in [0.2, 0.25) is 5.91 Å². The number of nitrogens with one attached hydrogen (secondary N) is 1. The Kier molecular flexibility index (Phi) is 13.9. The Balaban J connectivity index is 0.00000600. The fourth-order valence-corrected chi connectivity index (χ4v) is 6.36. The molecule has 0 bridgehead atoms. The van der Waals surface area contributed by atoms with E-state index in [1.54, 1.807) is 39.8 Å². The number of aryl methyl sites for hydroxylation is 1. The number of halogens is 1. The number of hydrogen-bond donors (Lipinski definition) is 1. The van der Waals surface area contributed by atoms with Gasteiger partial charge in [0, 0.05) is 24.0 Å². The van der Waals surface area contributed by atoms with Crippen LogP contribution in [0.25, 0.3) is 0 Å². The van der Waals surface area contributed by atoms with Crippen molar-refractivity contribution in [2.45, 2.75) is 82.5 Å². The standard InChI is InChI=1S/C36H43N3O6S.ClH/c1-6-44-34(42)28(22-21-26-15-9-7-10-16-26)37-29-24-46-32-20-14-13-19-30(32)39(33(29)41)38(25(2)40)31(35(43)45-36(3,4)5)23-27-17-11-8-12-18-27;/h7-20,28-29,31,37H,6,21-24H2,1-5H3;1H/t28-,29-,31-;/m0./s1. The number of amides is 2. The molecular weight excluding hydrogens is 638 g/mol. The molecule has 1 heterocycles. The smallest absolute Gasteiger partial charge is 0.331 e. The molecule has 3 atom stereocenters. The lowest BCUT2D eigenvalue weighted by molar-refractivity contribution is -0.165. The molecule has 47 heavy (non-hydrogen) atoms. The van der Waals surface area contributed by atoms with Gasteiger partial charge in [-0.3, -0.25) is 19.7 Å². The molecule has 0 radical (unpaired) electrons. The normalized spacial score (nSPS) is 15.7. The van der Waals surface area contributed by atoms with Crippen LogP contribution in [0.4, 0.5) is 5.69 Å². The third-order valence-electron chi connectivity index (χ3n) is 7.33. The topological polar surface area (TPSA) is 105 Å². The lowest BCUT2D eigenvalue weighted by Crippen LogP contribution is -2.63. The minimum absolute atomic E-state index is 0. The van der Waals surface area contributed by atoms with E-state index in [0.29, 0.717) is 18.5 Å². The molecule has 11 heteroatoms. The first-order valence-corrected chi connectivity index (χ1v) is 16.6. The zero-order valence-corrected chi connectivity index (χ0v) is 29.1. The van der Waals surface area contributed by atoms with Crippen molar-refractivity contribution < 1.29 is 28.7 Å². The number of para-hydroxylation sites is 1. The van der Waals surface area contributed by atoms with Crippen LogP contribution in [0, 0.1) is 0 Å². The van der Waals surface area contributed by atoms with Crippen LogP contribution in [-0.2, 0) is 41.5 Å². The van der Waals surface area contributed by atoms with Crippen molar-refractivity contribution in [1.82, 2.24) is 10.3 Å². The summed E-state index contributed by atoms with van der Waals surface area (Å²) in [5, 5.41) is 5.79. The molecule has 0 aromatic heterocycles. The van der Waals surface area contributed by atoms with Crippen LogP contribution in [0.3, 0.4) is 0 Å². The van der Waals surface area contributed by atoms with E-state index >= 15 is 0 Å². The van der Waals surface area contributed by atoms with Crippen LogP contribution >= 0.6 is 24.2 Å². The number of fused-ring (bicyclic) bond motifs is 1. The number of esters is 2. The summed E-state index contributed by atoms with van der Waals surface area (Å²) in [6.07, 6.45) is 1.11. The van der Waals surface area contributed by atoms with E-state index in [9.17, 15) is 19.2 Å². The first kappa shape index (κ1) is 37.6. The predicted octanol–water partition coefficient (Wildman–Crippen LogP) is 5.79. The second kappa shape index (κ2) is 17.3. The average Bonchev–Trinajstić information content (AvgIpc) is 3.15. The Morgan fingerprint density at radius 3 is 2.13 bits per heavy atom. The molecule has 2 amide bonds. The predicted molar refractivity (Wildman–Crippen MR) is 186 cm³/mol. The number of ether oxygens (including phenoxy) is 2. The van der Waals surface area contributed by atoms with Crippen LogP contribution in [0.15, 0.2) is 89.8 Å². The van der Waals surface area contributed by atoms with E-state index in [1.165, 1.54) is 28.7 Å².